The van der Waals surface area contributed by atoms with Crippen LogP contribution in [-0.4, -0.2) is 43.7 Å². The lowest BCUT2D eigenvalue weighted by Crippen LogP contribution is -2.52. The number of hydrogen-bond acceptors (Lipinski definition) is 5. The van der Waals surface area contributed by atoms with Gasteiger partial charge in [-0.05, 0) is 42.0 Å². The molecule has 1 aliphatic heterocycles. The molecule has 0 bridgehead atoms. The number of sulfone groups is 1. The van der Waals surface area contributed by atoms with E-state index in [2.05, 4.69) is 5.32 Å². The fourth-order valence-electron chi connectivity index (χ4n) is 3.09. The topological polar surface area (TPSA) is 104 Å². The monoisotopic (exact) mass is 440 g/mol. The lowest BCUT2D eigenvalue weighted by Gasteiger charge is -2.22. The molecule has 2 amide bonds. The van der Waals surface area contributed by atoms with Crippen LogP contribution in [-0.2, 0) is 26.0 Å². The summed E-state index contributed by atoms with van der Waals surface area (Å²) >= 11 is 5.77. The Bertz CT molecular complexity index is 1070. The average Bonchev–Trinajstić information content (AvgIpc) is 2.94. The third-order valence-corrected chi connectivity index (χ3v) is 5.93. The van der Waals surface area contributed by atoms with Crippen molar-refractivity contribution in [3.05, 3.63) is 58.9 Å². The Morgan fingerprint density at radius 2 is 2.03 bits per heavy atom. The van der Waals surface area contributed by atoms with E-state index >= 15 is 0 Å². The van der Waals surface area contributed by atoms with Crippen molar-refractivity contribution in [2.24, 2.45) is 0 Å². The first-order valence-electron chi connectivity index (χ1n) is 8.58. The number of carbonyl (C=O) groups is 2. The predicted molar refractivity (Wildman–Crippen MR) is 105 cm³/mol. The van der Waals surface area contributed by atoms with Gasteiger partial charge in [-0.25, -0.2) is 12.8 Å². The van der Waals surface area contributed by atoms with Gasteiger partial charge in [-0.15, -0.1) is 0 Å². The Labute approximate surface area is 172 Å². The van der Waals surface area contributed by atoms with Gasteiger partial charge in [-0.1, -0.05) is 17.7 Å². The zero-order valence-corrected chi connectivity index (χ0v) is 16.9. The zero-order chi connectivity index (χ0) is 21.4. The maximum atomic E-state index is 13.4. The standard InChI is InChI=1S/C19H18ClFN2O5S/c1-29(27,28)16-4-2-3-15(10-16)23-6-5-19(26,18(23)25)17(24)22-11-12-7-13(20)9-14(21)8-12/h2-4,7-10,26H,5-6,11H2,1H3,(H,22,24)/t19-/m0/s1. The summed E-state index contributed by atoms with van der Waals surface area (Å²) in [4.78, 5) is 26.4. The van der Waals surface area contributed by atoms with Crippen LogP contribution < -0.4 is 10.2 Å². The molecule has 1 fully saturated rings. The van der Waals surface area contributed by atoms with Crippen LogP contribution in [0.4, 0.5) is 10.1 Å². The molecule has 1 aliphatic rings. The second kappa shape index (κ2) is 7.74. The van der Waals surface area contributed by atoms with Crippen molar-refractivity contribution in [1.82, 2.24) is 5.32 Å². The van der Waals surface area contributed by atoms with Crippen LogP contribution in [0.25, 0.3) is 0 Å². The Balaban J connectivity index is 1.76. The van der Waals surface area contributed by atoms with Gasteiger partial charge in [0.05, 0.1) is 4.90 Å². The predicted octanol–water partition coefficient (Wildman–Crippen LogP) is 1.67. The van der Waals surface area contributed by atoms with E-state index in [1.54, 1.807) is 0 Å². The van der Waals surface area contributed by atoms with E-state index in [4.69, 9.17) is 11.6 Å². The summed E-state index contributed by atoms with van der Waals surface area (Å²) in [6.45, 7) is -0.1000. The van der Waals surface area contributed by atoms with E-state index in [0.717, 1.165) is 17.2 Å². The number of nitrogens with one attached hydrogen (secondary N) is 1. The molecule has 0 spiro atoms. The fourth-order valence-corrected chi connectivity index (χ4v) is 3.99. The first-order chi connectivity index (χ1) is 13.5. The molecule has 2 aromatic rings. The molecule has 2 N–H and O–H groups in total. The van der Waals surface area contributed by atoms with Gasteiger partial charge in [0.25, 0.3) is 11.8 Å². The van der Waals surface area contributed by atoms with Crippen molar-refractivity contribution in [1.29, 1.82) is 0 Å². The second-order valence-corrected chi connectivity index (χ2v) is 9.25. The molecule has 2 aromatic carbocycles. The second-order valence-electron chi connectivity index (χ2n) is 6.80. The van der Waals surface area contributed by atoms with Crippen LogP contribution in [0, 0.1) is 5.82 Å². The average molecular weight is 441 g/mol. The third kappa shape index (κ3) is 4.42. The van der Waals surface area contributed by atoms with Gasteiger partial charge in [0.15, 0.2) is 9.84 Å². The number of aliphatic hydroxyl groups is 1. The smallest absolute Gasteiger partial charge is 0.268 e. The number of nitrogens with zero attached hydrogens (tertiary/aromatic N) is 1. The Morgan fingerprint density at radius 1 is 1.31 bits per heavy atom. The van der Waals surface area contributed by atoms with E-state index in [1.165, 1.54) is 36.4 Å². The molecule has 1 saturated heterocycles. The largest absolute Gasteiger partial charge is 0.372 e. The van der Waals surface area contributed by atoms with Crippen molar-refractivity contribution in [2.75, 3.05) is 17.7 Å². The molecule has 0 aliphatic carbocycles. The van der Waals surface area contributed by atoms with Crippen molar-refractivity contribution in [3.63, 3.8) is 0 Å². The molecule has 154 valence electrons. The van der Waals surface area contributed by atoms with Crippen LogP contribution in [0.15, 0.2) is 47.4 Å². The van der Waals surface area contributed by atoms with Gasteiger partial charge in [-0.3, -0.25) is 9.59 Å². The molecular formula is C19H18ClFN2O5S. The van der Waals surface area contributed by atoms with Gasteiger partial charge in [0.1, 0.15) is 5.82 Å². The number of amides is 2. The van der Waals surface area contributed by atoms with Crippen molar-refractivity contribution in [3.8, 4) is 0 Å². The summed E-state index contributed by atoms with van der Waals surface area (Å²) in [5.74, 6) is -2.36. The summed E-state index contributed by atoms with van der Waals surface area (Å²) in [5.41, 5.74) is -1.67. The zero-order valence-electron chi connectivity index (χ0n) is 15.4. The Morgan fingerprint density at radius 3 is 2.69 bits per heavy atom. The summed E-state index contributed by atoms with van der Waals surface area (Å²) in [5, 5.41) is 13.2. The number of benzene rings is 2. The van der Waals surface area contributed by atoms with E-state index in [0.29, 0.717) is 5.56 Å². The summed E-state index contributed by atoms with van der Waals surface area (Å²) in [6, 6.07) is 9.44. The third-order valence-electron chi connectivity index (χ3n) is 4.60. The normalized spacial score (nSPS) is 19.4. The maximum Gasteiger partial charge on any atom is 0.268 e. The van der Waals surface area contributed by atoms with E-state index in [-0.39, 0.29) is 35.1 Å². The first-order valence-corrected chi connectivity index (χ1v) is 10.9. The first kappa shape index (κ1) is 21.2. The summed E-state index contributed by atoms with van der Waals surface area (Å²) in [6.07, 6.45) is 0.866. The highest BCUT2D eigenvalue weighted by Gasteiger charge is 2.51. The Kier molecular flexibility index (Phi) is 5.66. The van der Waals surface area contributed by atoms with Gasteiger partial charge in [0.2, 0.25) is 5.60 Å². The van der Waals surface area contributed by atoms with Gasteiger partial charge in [0, 0.05) is 36.5 Å². The molecule has 1 atom stereocenters. The highest BCUT2D eigenvalue weighted by atomic mass is 35.5. The molecule has 0 radical (unpaired) electrons. The maximum absolute atomic E-state index is 13.4. The highest BCUT2D eigenvalue weighted by Crippen LogP contribution is 2.30. The highest BCUT2D eigenvalue weighted by molar-refractivity contribution is 7.90. The number of rotatable bonds is 5. The fraction of sp³-hybridized carbons (Fsp3) is 0.263. The SMILES string of the molecule is CS(=O)(=O)c1cccc(N2CC[C@](O)(C(=O)NCc3cc(F)cc(Cl)c3)C2=O)c1. The molecule has 3 rings (SSSR count). The molecule has 29 heavy (non-hydrogen) atoms. The van der Waals surface area contributed by atoms with Crippen LogP contribution in [0.5, 0.6) is 0 Å². The minimum atomic E-state index is -3.48. The minimum Gasteiger partial charge on any atom is -0.372 e. The summed E-state index contributed by atoms with van der Waals surface area (Å²) < 4.78 is 36.9. The van der Waals surface area contributed by atoms with E-state index in [9.17, 15) is 27.5 Å². The molecule has 0 saturated carbocycles. The summed E-state index contributed by atoms with van der Waals surface area (Å²) in [7, 11) is -3.48. The van der Waals surface area contributed by atoms with Crippen LogP contribution >= 0.6 is 11.6 Å². The molecule has 10 heteroatoms. The lowest BCUT2D eigenvalue weighted by molar-refractivity contribution is -0.149. The van der Waals surface area contributed by atoms with Crippen molar-refractivity contribution in [2.45, 2.75) is 23.5 Å². The van der Waals surface area contributed by atoms with Crippen LogP contribution in [0.2, 0.25) is 5.02 Å². The molecule has 0 unspecified atom stereocenters. The van der Waals surface area contributed by atoms with Crippen molar-refractivity contribution >= 4 is 38.9 Å². The quantitative estimate of drug-likeness (QED) is 0.688. The molecule has 1 heterocycles. The van der Waals surface area contributed by atoms with E-state index < -0.39 is 33.1 Å². The minimum absolute atomic E-state index is 0.0191. The molecule has 7 nitrogen and oxygen atoms in total. The lowest BCUT2D eigenvalue weighted by atomic mass is 10.0. The number of anilines is 1. The van der Waals surface area contributed by atoms with Crippen LogP contribution in [0.1, 0.15) is 12.0 Å². The van der Waals surface area contributed by atoms with Crippen LogP contribution in [0.3, 0.4) is 0 Å². The Hall–Kier alpha value is -2.49. The molecule has 0 aromatic heterocycles. The number of carbonyl (C=O) groups excluding carboxylic acids is 2. The van der Waals surface area contributed by atoms with Crippen molar-refractivity contribution < 1.29 is 27.5 Å². The number of hydrogen-bond donors (Lipinski definition) is 2. The van der Waals surface area contributed by atoms with Gasteiger partial charge >= 0.3 is 0 Å². The van der Waals surface area contributed by atoms with Gasteiger partial charge in [-0.2, -0.15) is 0 Å². The molecular weight excluding hydrogens is 423 g/mol. The van der Waals surface area contributed by atoms with E-state index in [1.807, 2.05) is 0 Å². The number of halogens is 2. The van der Waals surface area contributed by atoms with Gasteiger partial charge < -0.3 is 15.3 Å².